The summed E-state index contributed by atoms with van der Waals surface area (Å²) in [6.45, 7) is 12.8. The van der Waals surface area contributed by atoms with Crippen LogP contribution in [0.4, 0.5) is 0 Å². The minimum atomic E-state index is 0.590. The second-order valence-corrected chi connectivity index (χ2v) is 9.61. The SMILES string of the molecule is CC1CCC2C(CCC3(C)C(C)CCC23)C(C)(C)CC1. The van der Waals surface area contributed by atoms with E-state index >= 15 is 0 Å². The maximum Gasteiger partial charge on any atom is -0.0269 e. The lowest BCUT2D eigenvalue weighted by molar-refractivity contribution is -0.0476. The first kappa shape index (κ1) is 14.9. The molecule has 3 aliphatic rings. The Kier molecular flexibility index (Phi) is 3.75. The van der Waals surface area contributed by atoms with Crippen molar-refractivity contribution in [3.05, 3.63) is 0 Å². The molecule has 0 spiro atoms. The lowest BCUT2D eigenvalue weighted by atomic mass is 9.51. The van der Waals surface area contributed by atoms with Crippen LogP contribution in [0.2, 0.25) is 0 Å². The summed E-state index contributed by atoms with van der Waals surface area (Å²) in [6.07, 6.45) is 12.0. The highest BCUT2D eigenvalue weighted by molar-refractivity contribution is 5.04. The van der Waals surface area contributed by atoms with E-state index in [2.05, 4.69) is 34.6 Å². The molecule has 3 fully saturated rings. The Hall–Kier alpha value is 0. The van der Waals surface area contributed by atoms with Gasteiger partial charge in [-0.25, -0.2) is 0 Å². The fourth-order valence-corrected chi connectivity index (χ4v) is 6.35. The van der Waals surface area contributed by atoms with Crippen molar-refractivity contribution in [2.75, 3.05) is 0 Å². The lowest BCUT2D eigenvalue weighted by Crippen LogP contribution is -2.46. The van der Waals surface area contributed by atoms with Crippen LogP contribution in [0.25, 0.3) is 0 Å². The average Bonchev–Trinajstić information content (AvgIpc) is 2.69. The van der Waals surface area contributed by atoms with Crippen LogP contribution in [-0.4, -0.2) is 0 Å². The normalized spacial score (nSPS) is 51.8. The van der Waals surface area contributed by atoms with Gasteiger partial charge in [0.05, 0.1) is 0 Å². The highest BCUT2D eigenvalue weighted by Crippen LogP contribution is 2.63. The van der Waals surface area contributed by atoms with Crippen LogP contribution in [-0.2, 0) is 0 Å². The molecule has 0 saturated heterocycles. The Morgan fingerprint density at radius 3 is 2.20 bits per heavy atom. The molecule has 0 heterocycles. The Bertz CT molecular complexity index is 353. The van der Waals surface area contributed by atoms with Crippen LogP contribution >= 0.6 is 0 Å². The predicted molar refractivity (Wildman–Crippen MR) is 87.6 cm³/mol. The summed E-state index contributed by atoms with van der Waals surface area (Å²) < 4.78 is 0. The highest BCUT2D eigenvalue weighted by Gasteiger charge is 2.54. The molecule has 116 valence electrons. The first-order chi connectivity index (χ1) is 9.34. The molecule has 0 bridgehead atoms. The van der Waals surface area contributed by atoms with Gasteiger partial charge in [0, 0.05) is 0 Å². The smallest absolute Gasteiger partial charge is 0.0269 e. The molecule has 0 nitrogen and oxygen atoms in total. The van der Waals surface area contributed by atoms with Gasteiger partial charge in [-0.2, -0.15) is 0 Å². The third kappa shape index (κ3) is 2.26. The van der Waals surface area contributed by atoms with Gasteiger partial charge in [-0.15, -0.1) is 0 Å². The van der Waals surface area contributed by atoms with E-state index in [0.29, 0.717) is 10.8 Å². The zero-order valence-corrected chi connectivity index (χ0v) is 14.5. The summed E-state index contributed by atoms with van der Waals surface area (Å²) in [7, 11) is 0. The van der Waals surface area contributed by atoms with Crippen molar-refractivity contribution in [2.24, 2.45) is 40.4 Å². The average molecular weight is 277 g/mol. The Morgan fingerprint density at radius 1 is 0.700 bits per heavy atom. The highest BCUT2D eigenvalue weighted by atomic mass is 14.6. The molecule has 3 saturated carbocycles. The van der Waals surface area contributed by atoms with Crippen molar-refractivity contribution in [3.63, 3.8) is 0 Å². The van der Waals surface area contributed by atoms with Crippen molar-refractivity contribution >= 4 is 0 Å². The van der Waals surface area contributed by atoms with Crippen molar-refractivity contribution in [2.45, 2.75) is 86.0 Å². The molecule has 0 aromatic carbocycles. The lowest BCUT2D eigenvalue weighted by Gasteiger charge is -2.54. The van der Waals surface area contributed by atoms with Crippen molar-refractivity contribution in [1.82, 2.24) is 0 Å². The van der Waals surface area contributed by atoms with Crippen molar-refractivity contribution in [1.29, 1.82) is 0 Å². The second kappa shape index (κ2) is 5.03. The first-order valence-electron chi connectivity index (χ1n) is 9.34. The molecule has 0 aromatic rings. The van der Waals surface area contributed by atoms with Gasteiger partial charge in [-0.1, -0.05) is 47.5 Å². The van der Waals surface area contributed by atoms with Crippen molar-refractivity contribution in [3.8, 4) is 0 Å². The van der Waals surface area contributed by atoms with Crippen LogP contribution in [0.3, 0.4) is 0 Å². The standard InChI is InChI=1S/C20H36/c1-14-6-8-16-17(19(3,4)12-10-14)11-13-20(5)15(2)7-9-18(16)20/h14-18H,6-13H2,1-5H3. The summed E-state index contributed by atoms with van der Waals surface area (Å²) in [4.78, 5) is 0. The summed E-state index contributed by atoms with van der Waals surface area (Å²) in [5.41, 5.74) is 1.27. The Labute approximate surface area is 127 Å². The fraction of sp³-hybridized carbons (Fsp3) is 1.00. The van der Waals surface area contributed by atoms with Crippen LogP contribution in [0.1, 0.15) is 86.0 Å². The largest absolute Gasteiger partial charge is 0.0625 e. The molecular weight excluding hydrogens is 240 g/mol. The van der Waals surface area contributed by atoms with Gasteiger partial charge in [0.1, 0.15) is 0 Å². The van der Waals surface area contributed by atoms with E-state index in [0.717, 1.165) is 29.6 Å². The van der Waals surface area contributed by atoms with Crippen LogP contribution < -0.4 is 0 Å². The van der Waals surface area contributed by atoms with Gasteiger partial charge in [0.15, 0.2) is 0 Å². The zero-order chi connectivity index (χ0) is 14.5. The minimum Gasteiger partial charge on any atom is -0.0625 e. The van der Waals surface area contributed by atoms with Gasteiger partial charge < -0.3 is 0 Å². The molecule has 0 heteroatoms. The second-order valence-electron chi connectivity index (χ2n) is 9.61. The Morgan fingerprint density at radius 2 is 1.45 bits per heavy atom. The number of hydrogen-bond donors (Lipinski definition) is 0. The molecule has 3 rings (SSSR count). The van der Waals surface area contributed by atoms with Gasteiger partial charge in [-0.3, -0.25) is 0 Å². The fourth-order valence-electron chi connectivity index (χ4n) is 6.35. The van der Waals surface area contributed by atoms with E-state index in [1.807, 2.05) is 0 Å². The molecule has 0 N–H and O–H groups in total. The molecule has 0 radical (unpaired) electrons. The number of hydrogen-bond acceptors (Lipinski definition) is 0. The molecular formula is C20H36. The first-order valence-corrected chi connectivity index (χ1v) is 9.34. The van der Waals surface area contributed by atoms with Gasteiger partial charge in [0.2, 0.25) is 0 Å². The topological polar surface area (TPSA) is 0 Å². The van der Waals surface area contributed by atoms with Crippen LogP contribution in [0.5, 0.6) is 0 Å². The van der Waals surface area contributed by atoms with E-state index < -0.39 is 0 Å². The summed E-state index contributed by atoms with van der Waals surface area (Å²) in [6, 6.07) is 0. The maximum atomic E-state index is 2.64. The molecule has 0 aliphatic heterocycles. The van der Waals surface area contributed by atoms with E-state index in [1.165, 1.54) is 51.4 Å². The summed E-state index contributed by atoms with van der Waals surface area (Å²) in [5.74, 6) is 5.03. The van der Waals surface area contributed by atoms with E-state index in [1.54, 1.807) is 0 Å². The molecule has 3 aliphatic carbocycles. The monoisotopic (exact) mass is 276 g/mol. The maximum absolute atomic E-state index is 2.64. The predicted octanol–water partition coefficient (Wildman–Crippen LogP) is 6.30. The summed E-state index contributed by atoms with van der Waals surface area (Å²) in [5, 5.41) is 0. The molecule has 6 unspecified atom stereocenters. The third-order valence-corrected chi connectivity index (χ3v) is 8.19. The van der Waals surface area contributed by atoms with Crippen LogP contribution in [0, 0.1) is 40.4 Å². The van der Waals surface area contributed by atoms with Gasteiger partial charge >= 0.3 is 0 Å². The number of fused-ring (bicyclic) bond motifs is 3. The zero-order valence-electron chi connectivity index (χ0n) is 14.5. The third-order valence-electron chi connectivity index (χ3n) is 8.19. The van der Waals surface area contributed by atoms with Gasteiger partial charge in [0.25, 0.3) is 0 Å². The molecule has 20 heavy (non-hydrogen) atoms. The minimum absolute atomic E-state index is 0.590. The molecule has 6 atom stereocenters. The van der Waals surface area contributed by atoms with E-state index in [9.17, 15) is 0 Å². The van der Waals surface area contributed by atoms with Crippen molar-refractivity contribution < 1.29 is 0 Å². The molecule has 0 aromatic heterocycles. The van der Waals surface area contributed by atoms with Crippen LogP contribution in [0.15, 0.2) is 0 Å². The van der Waals surface area contributed by atoms with E-state index in [4.69, 9.17) is 0 Å². The Balaban J connectivity index is 1.89. The molecule has 0 amide bonds. The van der Waals surface area contributed by atoms with Gasteiger partial charge in [-0.05, 0) is 78.9 Å². The number of rotatable bonds is 0. The van der Waals surface area contributed by atoms with E-state index in [-0.39, 0.29) is 0 Å². The summed E-state index contributed by atoms with van der Waals surface area (Å²) >= 11 is 0. The quantitative estimate of drug-likeness (QED) is 0.487.